The summed E-state index contributed by atoms with van der Waals surface area (Å²) in [6.07, 6.45) is 0. The summed E-state index contributed by atoms with van der Waals surface area (Å²) in [5, 5.41) is 23.8. The molecule has 1 amide bonds. The topological polar surface area (TPSA) is 85.7 Å². The normalized spacial score (nSPS) is 10.5. The molecule has 0 saturated heterocycles. The first-order valence-electron chi connectivity index (χ1n) is 7.78. The monoisotopic (exact) mass is 383 g/mol. The number of aromatic nitrogens is 2. The fraction of sp³-hybridized carbons (Fsp3) is 0.222. The second-order valence-corrected chi connectivity index (χ2v) is 7.14. The van der Waals surface area contributed by atoms with Gasteiger partial charge < -0.3 is 4.90 Å². The molecular formula is C18H14ClN5OS. The maximum absolute atomic E-state index is 12.6. The molecule has 0 N–H and O–H groups in total. The van der Waals surface area contributed by atoms with Gasteiger partial charge in [0.1, 0.15) is 17.9 Å². The predicted molar refractivity (Wildman–Crippen MR) is 100 cm³/mol. The summed E-state index contributed by atoms with van der Waals surface area (Å²) in [6.45, 7) is 2.23. The van der Waals surface area contributed by atoms with E-state index in [1.54, 1.807) is 6.07 Å². The zero-order valence-electron chi connectivity index (χ0n) is 13.9. The Morgan fingerprint density at radius 2 is 1.92 bits per heavy atom. The number of amides is 1. The molecule has 0 radical (unpaired) electrons. The molecule has 130 valence electrons. The highest BCUT2D eigenvalue weighted by atomic mass is 35.5. The van der Waals surface area contributed by atoms with Crippen molar-refractivity contribution in [1.29, 1.82) is 10.5 Å². The van der Waals surface area contributed by atoms with Crippen molar-refractivity contribution in [2.75, 3.05) is 13.1 Å². The first-order chi connectivity index (χ1) is 12.5. The Morgan fingerprint density at radius 1 is 1.27 bits per heavy atom. The van der Waals surface area contributed by atoms with Crippen LogP contribution in [-0.2, 0) is 6.54 Å². The molecule has 3 rings (SSSR count). The molecule has 6 nitrogen and oxygen atoms in total. The van der Waals surface area contributed by atoms with E-state index in [1.807, 2.05) is 48.0 Å². The number of halogens is 1. The molecule has 0 fully saturated rings. The third kappa shape index (κ3) is 3.55. The van der Waals surface area contributed by atoms with Crippen molar-refractivity contribution in [1.82, 2.24) is 14.7 Å². The van der Waals surface area contributed by atoms with Crippen molar-refractivity contribution in [2.24, 2.45) is 0 Å². The van der Waals surface area contributed by atoms with Gasteiger partial charge in [0.25, 0.3) is 5.91 Å². The molecule has 2 aromatic heterocycles. The lowest BCUT2D eigenvalue weighted by Crippen LogP contribution is -2.31. The van der Waals surface area contributed by atoms with Gasteiger partial charge in [-0.15, -0.1) is 11.3 Å². The highest BCUT2D eigenvalue weighted by molar-refractivity contribution is 7.20. The van der Waals surface area contributed by atoms with E-state index in [2.05, 4.69) is 5.10 Å². The number of rotatable bonds is 5. The van der Waals surface area contributed by atoms with E-state index >= 15 is 0 Å². The maximum Gasteiger partial charge on any atom is 0.265 e. The highest BCUT2D eigenvalue weighted by Crippen LogP contribution is 2.29. The standard InChI is InChI=1S/C18H14ClN5OS/c1-12-15-10-16(17(25)23(8-6-20)9-7-21)26-18(15)24(22-12)11-13-2-4-14(19)5-3-13/h2-5,10H,8-9,11H2,1H3. The zero-order chi connectivity index (χ0) is 18.7. The Hall–Kier alpha value is -2.87. The van der Waals surface area contributed by atoms with Crippen LogP contribution in [0.3, 0.4) is 0 Å². The minimum absolute atomic E-state index is 0.115. The molecule has 2 heterocycles. The lowest BCUT2D eigenvalue weighted by Gasteiger charge is -2.14. The molecule has 0 aliphatic carbocycles. The fourth-order valence-electron chi connectivity index (χ4n) is 2.61. The Labute approximate surface area is 159 Å². The van der Waals surface area contributed by atoms with Gasteiger partial charge in [-0.2, -0.15) is 15.6 Å². The van der Waals surface area contributed by atoms with Crippen LogP contribution in [0.25, 0.3) is 10.2 Å². The minimum atomic E-state index is -0.313. The molecule has 0 aliphatic heterocycles. The zero-order valence-corrected chi connectivity index (χ0v) is 15.5. The van der Waals surface area contributed by atoms with Crippen LogP contribution in [-0.4, -0.2) is 33.7 Å². The van der Waals surface area contributed by atoms with E-state index < -0.39 is 0 Å². The van der Waals surface area contributed by atoms with E-state index in [-0.39, 0.29) is 19.0 Å². The van der Waals surface area contributed by atoms with Crippen LogP contribution in [0.4, 0.5) is 0 Å². The molecule has 0 saturated carbocycles. The summed E-state index contributed by atoms with van der Waals surface area (Å²) in [6, 6.07) is 13.2. The smallest absolute Gasteiger partial charge is 0.265 e. The molecule has 0 unspecified atom stereocenters. The van der Waals surface area contributed by atoms with Crippen molar-refractivity contribution in [3.63, 3.8) is 0 Å². The van der Waals surface area contributed by atoms with Gasteiger partial charge in [-0.05, 0) is 30.7 Å². The van der Waals surface area contributed by atoms with Crippen LogP contribution in [0.1, 0.15) is 20.9 Å². The summed E-state index contributed by atoms with van der Waals surface area (Å²) in [5.41, 5.74) is 1.88. The number of hydrogen-bond acceptors (Lipinski definition) is 5. The first-order valence-corrected chi connectivity index (χ1v) is 8.97. The van der Waals surface area contributed by atoms with Gasteiger partial charge in [0.05, 0.1) is 29.3 Å². The van der Waals surface area contributed by atoms with Crippen molar-refractivity contribution in [2.45, 2.75) is 13.5 Å². The third-order valence-electron chi connectivity index (χ3n) is 3.87. The molecule has 8 heteroatoms. The van der Waals surface area contributed by atoms with Gasteiger partial charge in [0.15, 0.2) is 0 Å². The number of nitrogens with zero attached hydrogens (tertiary/aromatic N) is 5. The van der Waals surface area contributed by atoms with Crippen LogP contribution < -0.4 is 0 Å². The van der Waals surface area contributed by atoms with Gasteiger partial charge in [-0.1, -0.05) is 23.7 Å². The molecule has 0 bridgehead atoms. The third-order valence-corrected chi connectivity index (χ3v) is 5.26. The summed E-state index contributed by atoms with van der Waals surface area (Å²) in [7, 11) is 0. The van der Waals surface area contributed by atoms with Gasteiger partial charge in [-0.3, -0.25) is 9.48 Å². The van der Waals surface area contributed by atoms with Crippen molar-refractivity contribution in [3.8, 4) is 12.1 Å². The fourth-order valence-corrected chi connectivity index (χ4v) is 3.87. The minimum Gasteiger partial charge on any atom is -0.311 e. The first kappa shape index (κ1) is 17.9. The second-order valence-electron chi connectivity index (χ2n) is 5.68. The predicted octanol–water partition coefficient (Wildman–Crippen LogP) is 3.60. The number of carbonyl (C=O) groups is 1. The lowest BCUT2D eigenvalue weighted by molar-refractivity contribution is 0.0799. The van der Waals surface area contributed by atoms with Gasteiger partial charge >= 0.3 is 0 Å². The lowest BCUT2D eigenvalue weighted by atomic mass is 10.2. The largest absolute Gasteiger partial charge is 0.311 e. The van der Waals surface area contributed by atoms with Crippen LogP contribution in [0, 0.1) is 29.6 Å². The average Bonchev–Trinajstić information content (AvgIpc) is 3.18. The number of fused-ring (bicyclic) bond motifs is 1. The van der Waals surface area contributed by atoms with Crippen molar-refractivity contribution < 1.29 is 4.79 Å². The number of nitriles is 2. The average molecular weight is 384 g/mol. The summed E-state index contributed by atoms with van der Waals surface area (Å²) in [4.78, 5) is 15.2. The number of benzene rings is 1. The number of hydrogen-bond donors (Lipinski definition) is 0. The quantitative estimate of drug-likeness (QED) is 0.630. The maximum atomic E-state index is 12.6. The van der Waals surface area contributed by atoms with Crippen LogP contribution in [0.2, 0.25) is 5.02 Å². The molecule has 3 aromatic rings. The Bertz CT molecular complexity index is 1020. The SMILES string of the molecule is Cc1nn(Cc2ccc(Cl)cc2)c2sc(C(=O)N(CC#N)CC#N)cc12. The van der Waals surface area contributed by atoms with Gasteiger partial charge in [0.2, 0.25) is 0 Å². The second kappa shape index (κ2) is 7.57. The molecular weight excluding hydrogens is 370 g/mol. The molecule has 26 heavy (non-hydrogen) atoms. The molecule has 0 atom stereocenters. The van der Waals surface area contributed by atoms with E-state index in [9.17, 15) is 4.79 Å². The number of carbonyl (C=O) groups excluding carboxylic acids is 1. The molecule has 1 aromatic carbocycles. The van der Waals surface area contributed by atoms with Crippen molar-refractivity contribution >= 4 is 39.1 Å². The Balaban J connectivity index is 1.94. The van der Waals surface area contributed by atoms with E-state index in [1.165, 1.54) is 16.2 Å². The van der Waals surface area contributed by atoms with E-state index in [4.69, 9.17) is 22.1 Å². The summed E-state index contributed by atoms with van der Waals surface area (Å²) in [5.74, 6) is -0.313. The van der Waals surface area contributed by atoms with Gasteiger partial charge in [0, 0.05) is 10.4 Å². The molecule has 0 aliphatic rings. The highest BCUT2D eigenvalue weighted by Gasteiger charge is 2.21. The van der Waals surface area contributed by atoms with E-state index in [0.29, 0.717) is 16.4 Å². The Kier molecular flexibility index (Phi) is 5.22. The van der Waals surface area contributed by atoms with Crippen LogP contribution in [0.15, 0.2) is 30.3 Å². The van der Waals surface area contributed by atoms with E-state index in [0.717, 1.165) is 21.5 Å². The molecule has 0 spiro atoms. The van der Waals surface area contributed by atoms with Gasteiger partial charge in [-0.25, -0.2) is 0 Å². The van der Waals surface area contributed by atoms with Crippen LogP contribution in [0.5, 0.6) is 0 Å². The van der Waals surface area contributed by atoms with Crippen LogP contribution >= 0.6 is 22.9 Å². The number of thiophene rings is 1. The summed E-state index contributed by atoms with van der Waals surface area (Å²) < 4.78 is 1.86. The number of aryl methyl sites for hydroxylation is 1. The summed E-state index contributed by atoms with van der Waals surface area (Å²) >= 11 is 7.24. The van der Waals surface area contributed by atoms with Crippen molar-refractivity contribution in [3.05, 3.63) is 51.5 Å². The Morgan fingerprint density at radius 3 is 2.54 bits per heavy atom.